The van der Waals surface area contributed by atoms with E-state index in [4.69, 9.17) is 0 Å². The molecule has 3 heteroatoms. The van der Waals surface area contributed by atoms with Crippen LogP contribution in [0.3, 0.4) is 0 Å². The second-order valence-corrected chi connectivity index (χ2v) is 4.38. The lowest BCUT2D eigenvalue weighted by Gasteiger charge is -2.04. The van der Waals surface area contributed by atoms with E-state index in [0.717, 1.165) is 30.5 Å². The van der Waals surface area contributed by atoms with Gasteiger partial charge in [-0.2, -0.15) is 0 Å². The second kappa shape index (κ2) is 6.29. The molecule has 0 fully saturated rings. The summed E-state index contributed by atoms with van der Waals surface area (Å²) >= 11 is 0. The zero-order chi connectivity index (χ0) is 14.5. The van der Waals surface area contributed by atoms with Crippen molar-refractivity contribution >= 4 is 0 Å². The lowest BCUT2D eigenvalue weighted by atomic mass is 10.0. The van der Waals surface area contributed by atoms with Gasteiger partial charge in [0.15, 0.2) is 17.5 Å². The van der Waals surface area contributed by atoms with Gasteiger partial charge in [-0.3, -0.25) is 0 Å². The summed E-state index contributed by atoms with van der Waals surface area (Å²) in [6.07, 6.45) is 1.83. The average molecular weight is 274 g/mol. The Morgan fingerprint density at radius 3 is 2.05 bits per heavy atom. The Hall–Kier alpha value is -2.21. The number of hydrogen-bond donors (Lipinski definition) is 0. The topological polar surface area (TPSA) is 0 Å². The third-order valence-electron chi connectivity index (χ3n) is 2.81. The maximum atomic E-state index is 13.2. The Labute approximate surface area is 116 Å². The van der Waals surface area contributed by atoms with E-state index in [1.807, 2.05) is 0 Å². The Morgan fingerprint density at radius 2 is 1.50 bits per heavy atom. The van der Waals surface area contributed by atoms with Crippen molar-refractivity contribution in [1.29, 1.82) is 0 Å². The third-order valence-corrected chi connectivity index (χ3v) is 2.81. The van der Waals surface area contributed by atoms with Gasteiger partial charge in [0.2, 0.25) is 0 Å². The number of rotatable bonds is 2. The van der Waals surface area contributed by atoms with E-state index >= 15 is 0 Å². The van der Waals surface area contributed by atoms with Crippen molar-refractivity contribution in [3.8, 4) is 23.0 Å². The summed E-state index contributed by atoms with van der Waals surface area (Å²) in [5, 5.41) is 0. The molecule has 2 rings (SSSR count). The van der Waals surface area contributed by atoms with Gasteiger partial charge in [-0.05, 0) is 41.8 Å². The minimum Gasteiger partial charge on any atom is -0.204 e. The first-order valence-electron chi connectivity index (χ1n) is 6.35. The van der Waals surface area contributed by atoms with E-state index in [0.29, 0.717) is 11.1 Å². The van der Waals surface area contributed by atoms with Crippen LogP contribution in [-0.4, -0.2) is 0 Å². The van der Waals surface area contributed by atoms with E-state index < -0.39 is 17.5 Å². The van der Waals surface area contributed by atoms with E-state index in [1.54, 1.807) is 24.3 Å². The van der Waals surface area contributed by atoms with Crippen LogP contribution in [0.5, 0.6) is 0 Å². The summed E-state index contributed by atoms with van der Waals surface area (Å²) in [7, 11) is 0. The molecule has 20 heavy (non-hydrogen) atoms. The molecule has 102 valence electrons. The Morgan fingerprint density at radius 1 is 0.900 bits per heavy atom. The standard InChI is InChI=1S/C17H13F3/c1-2-3-4-5-12-6-8-13(9-7-12)14-10-15(18)17(20)16(19)11-14/h6-11H,2-3H2,1H3. The summed E-state index contributed by atoms with van der Waals surface area (Å²) in [4.78, 5) is 0. The van der Waals surface area contributed by atoms with Gasteiger partial charge >= 0.3 is 0 Å². The largest absolute Gasteiger partial charge is 0.204 e. The molecule has 0 spiro atoms. The van der Waals surface area contributed by atoms with Gasteiger partial charge in [-0.15, -0.1) is 0 Å². The van der Waals surface area contributed by atoms with Crippen LogP contribution in [-0.2, 0) is 0 Å². The van der Waals surface area contributed by atoms with Gasteiger partial charge in [0.1, 0.15) is 0 Å². The third kappa shape index (κ3) is 3.21. The molecule has 0 saturated carbocycles. The highest BCUT2D eigenvalue weighted by Crippen LogP contribution is 2.23. The normalized spacial score (nSPS) is 10.0. The Kier molecular flexibility index (Phi) is 4.47. The van der Waals surface area contributed by atoms with Gasteiger partial charge in [0.05, 0.1) is 0 Å². The predicted molar refractivity (Wildman–Crippen MR) is 73.5 cm³/mol. The molecular formula is C17H13F3. The van der Waals surface area contributed by atoms with Crippen molar-refractivity contribution < 1.29 is 13.2 Å². The lowest BCUT2D eigenvalue weighted by molar-refractivity contribution is 0.448. The van der Waals surface area contributed by atoms with E-state index in [1.165, 1.54) is 0 Å². The first-order chi connectivity index (χ1) is 9.61. The van der Waals surface area contributed by atoms with Crippen LogP contribution < -0.4 is 0 Å². The van der Waals surface area contributed by atoms with Crippen molar-refractivity contribution in [3.05, 3.63) is 59.4 Å². The highest BCUT2D eigenvalue weighted by atomic mass is 19.2. The van der Waals surface area contributed by atoms with Crippen molar-refractivity contribution in [2.24, 2.45) is 0 Å². The van der Waals surface area contributed by atoms with Crippen molar-refractivity contribution in [2.75, 3.05) is 0 Å². The van der Waals surface area contributed by atoms with Crippen LogP contribution in [0, 0.1) is 29.3 Å². The maximum Gasteiger partial charge on any atom is 0.194 e. The SMILES string of the molecule is CCCC#Cc1ccc(-c2cc(F)c(F)c(F)c2)cc1. The first-order valence-corrected chi connectivity index (χ1v) is 6.35. The molecule has 0 aromatic heterocycles. The molecule has 0 aliphatic heterocycles. The van der Waals surface area contributed by atoms with Crippen LogP contribution in [0.15, 0.2) is 36.4 Å². The molecule has 0 amide bonds. The highest BCUT2D eigenvalue weighted by Gasteiger charge is 2.11. The van der Waals surface area contributed by atoms with Gasteiger partial charge < -0.3 is 0 Å². The maximum absolute atomic E-state index is 13.2. The molecule has 0 atom stereocenters. The molecule has 0 saturated heterocycles. The lowest BCUT2D eigenvalue weighted by Crippen LogP contribution is -1.91. The molecule has 0 aliphatic rings. The summed E-state index contributed by atoms with van der Waals surface area (Å²) in [5.41, 5.74) is 1.75. The molecule has 0 N–H and O–H groups in total. The smallest absolute Gasteiger partial charge is 0.194 e. The molecule has 0 unspecified atom stereocenters. The fourth-order valence-corrected chi connectivity index (χ4v) is 1.76. The van der Waals surface area contributed by atoms with Crippen LogP contribution in [0.4, 0.5) is 13.2 Å². The van der Waals surface area contributed by atoms with Crippen molar-refractivity contribution in [1.82, 2.24) is 0 Å². The van der Waals surface area contributed by atoms with Gasteiger partial charge in [-0.1, -0.05) is 30.9 Å². The highest BCUT2D eigenvalue weighted by molar-refractivity contribution is 5.64. The van der Waals surface area contributed by atoms with Gasteiger partial charge in [-0.25, -0.2) is 13.2 Å². The van der Waals surface area contributed by atoms with Crippen LogP contribution >= 0.6 is 0 Å². The number of hydrogen-bond acceptors (Lipinski definition) is 0. The van der Waals surface area contributed by atoms with E-state index in [9.17, 15) is 13.2 Å². The first kappa shape index (κ1) is 14.2. The Bertz CT molecular complexity index is 638. The average Bonchev–Trinajstić information content (AvgIpc) is 2.45. The summed E-state index contributed by atoms with van der Waals surface area (Å²) in [6, 6.07) is 8.94. The minimum atomic E-state index is -1.45. The fraction of sp³-hybridized carbons (Fsp3) is 0.176. The van der Waals surface area contributed by atoms with Crippen LogP contribution in [0.25, 0.3) is 11.1 Å². The molecule has 0 aliphatic carbocycles. The fourth-order valence-electron chi connectivity index (χ4n) is 1.76. The molecule has 2 aromatic carbocycles. The summed E-state index contributed by atoms with van der Waals surface area (Å²) < 4.78 is 39.2. The molecule has 2 aromatic rings. The number of unbranched alkanes of at least 4 members (excludes halogenated alkanes) is 1. The predicted octanol–water partition coefficient (Wildman–Crippen LogP) is 4.92. The summed E-state index contributed by atoms with van der Waals surface area (Å²) in [6.45, 7) is 2.05. The quantitative estimate of drug-likeness (QED) is 0.538. The van der Waals surface area contributed by atoms with Crippen molar-refractivity contribution in [3.63, 3.8) is 0 Å². The van der Waals surface area contributed by atoms with Crippen molar-refractivity contribution in [2.45, 2.75) is 19.8 Å². The van der Waals surface area contributed by atoms with Gasteiger partial charge in [0, 0.05) is 12.0 Å². The molecule has 0 bridgehead atoms. The summed E-state index contributed by atoms with van der Waals surface area (Å²) in [5.74, 6) is 2.19. The zero-order valence-corrected chi connectivity index (χ0v) is 11.0. The number of benzene rings is 2. The monoisotopic (exact) mass is 274 g/mol. The molecule has 0 heterocycles. The second-order valence-electron chi connectivity index (χ2n) is 4.38. The zero-order valence-electron chi connectivity index (χ0n) is 11.0. The molecule has 0 nitrogen and oxygen atoms in total. The molecular weight excluding hydrogens is 261 g/mol. The minimum absolute atomic E-state index is 0.300. The van der Waals surface area contributed by atoms with Gasteiger partial charge in [0.25, 0.3) is 0 Å². The van der Waals surface area contributed by atoms with Crippen LogP contribution in [0.2, 0.25) is 0 Å². The Balaban J connectivity index is 2.29. The van der Waals surface area contributed by atoms with E-state index in [-0.39, 0.29) is 0 Å². The van der Waals surface area contributed by atoms with Crippen LogP contribution in [0.1, 0.15) is 25.3 Å². The molecule has 0 radical (unpaired) electrons. The van der Waals surface area contributed by atoms with E-state index in [2.05, 4.69) is 18.8 Å². The number of halogens is 3.